The smallest absolute Gasteiger partial charge is 0.300 e. The maximum atomic E-state index is 13.7. The van der Waals surface area contributed by atoms with Crippen LogP contribution in [-0.4, -0.2) is 28.9 Å². The van der Waals surface area contributed by atoms with Crippen LogP contribution < -0.4 is 9.64 Å². The molecule has 0 spiro atoms. The molecule has 9 heteroatoms. The Labute approximate surface area is 196 Å². The third-order valence-corrected chi connectivity index (χ3v) is 5.96. The van der Waals surface area contributed by atoms with Crippen LogP contribution in [0.5, 0.6) is 5.75 Å². The molecule has 32 heavy (non-hydrogen) atoms. The molecule has 1 aromatic heterocycles. The Morgan fingerprint density at radius 2 is 2.00 bits per heavy atom. The van der Waals surface area contributed by atoms with Gasteiger partial charge in [-0.3, -0.25) is 19.5 Å². The van der Waals surface area contributed by atoms with Gasteiger partial charge in [-0.25, -0.2) is 4.39 Å². The average Bonchev–Trinajstić information content (AvgIpc) is 3.06. The summed E-state index contributed by atoms with van der Waals surface area (Å²) in [6.45, 7) is 0. The quantitative estimate of drug-likeness (QED) is 0.290. The van der Waals surface area contributed by atoms with Crippen molar-refractivity contribution in [1.29, 1.82) is 0 Å². The van der Waals surface area contributed by atoms with Crippen LogP contribution >= 0.6 is 27.5 Å². The number of benzene rings is 2. The van der Waals surface area contributed by atoms with Gasteiger partial charge in [0.05, 0.1) is 28.2 Å². The van der Waals surface area contributed by atoms with Crippen molar-refractivity contribution in [2.75, 3.05) is 12.0 Å². The van der Waals surface area contributed by atoms with Crippen LogP contribution in [0.1, 0.15) is 17.2 Å². The molecule has 1 atom stereocenters. The summed E-state index contributed by atoms with van der Waals surface area (Å²) in [5.41, 5.74) is 0.880. The molecular formula is C23H15BrClFN2O4. The maximum Gasteiger partial charge on any atom is 0.300 e. The number of rotatable bonds is 4. The zero-order valence-corrected chi connectivity index (χ0v) is 18.9. The summed E-state index contributed by atoms with van der Waals surface area (Å²) in [6, 6.07) is 10.8. The number of anilines is 1. The Kier molecular flexibility index (Phi) is 5.99. The number of amides is 1. The number of aliphatic hydroxyl groups is 1. The van der Waals surface area contributed by atoms with E-state index in [4.69, 9.17) is 16.3 Å². The van der Waals surface area contributed by atoms with Crippen LogP contribution in [0.2, 0.25) is 5.02 Å². The molecule has 0 aliphatic carbocycles. The van der Waals surface area contributed by atoms with Crippen LogP contribution in [0.4, 0.5) is 10.1 Å². The van der Waals surface area contributed by atoms with Crippen molar-refractivity contribution < 1.29 is 23.8 Å². The minimum Gasteiger partial charge on any atom is -0.507 e. The highest BCUT2D eigenvalue weighted by atomic mass is 79.9. The first-order chi connectivity index (χ1) is 15.3. The van der Waals surface area contributed by atoms with E-state index in [1.807, 2.05) is 0 Å². The van der Waals surface area contributed by atoms with Crippen molar-refractivity contribution in [2.24, 2.45) is 0 Å². The van der Waals surface area contributed by atoms with Crippen molar-refractivity contribution >= 4 is 50.7 Å². The second-order valence-electron chi connectivity index (χ2n) is 6.90. The first-order valence-electron chi connectivity index (χ1n) is 9.33. The van der Waals surface area contributed by atoms with E-state index in [2.05, 4.69) is 20.9 Å². The second-order valence-corrected chi connectivity index (χ2v) is 8.16. The largest absolute Gasteiger partial charge is 0.507 e. The van der Waals surface area contributed by atoms with Crippen LogP contribution in [0.3, 0.4) is 0 Å². The Morgan fingerprint density at radius 3 is 2.62 bits per heavy atom. The van der Waals surface area contributed by atoms with Gasteiger partial charge in [0, 0.05) is 23.6 Å². The second kappa shape index (κ2) is 8.72. The summed E-state index contributed by atoms with van der Waals surface area (Å²) in [5, 5.41) is 10.9. The molecule has 1 unspecified atom stereocenters. The lowest BCUT2D eigenvalue weighted by atomic mass is 9.96. The van der Waals surface area contributed by atoms with Crippen molar-refractivity contribution in [3.8, 4) is 5.75 Å². The van der Waals surface area contributed by atoms with Crippen LogP contribution in [-0.2, 0) is 9.59 Å². The number of ketones is 1. The fourth-order valence-corrected chi connectivity index (χ4v) is 4.27. The van der Waals surface area contributed by atoms with Gasteiger partial charge in [-0.2, -0.15) is 0 Å². The number of aromatic nitrogens is 1. The Morgan fingerprint density at radius 1 is 1.22 bits per heavy atom. The first kappa shape index (κ1) is 22.0. The van der Waals surface area contributed by atoms with Gasteiger partial charge in [0.15, 0.2) is 0 Å². The van der Waals surface area contributed by atoms with Crippen molar-refractivity contribution in [3.05, 3.63) is 92.9 Å². The summed E-state index contributed by atoms with van der Waals surface area (Å²) < 4.78 is 19.5. The van der Waals surface area contributed by atoms with E-state index in [0.717, 1.165) is 6.07 Å². The number of methoxy groups -OCH3 is 1. The monoisotopic (exact) mass is 516 g/mol. The van der Waals surface area contributed by atoms with Crippen LogP contribution in [0.25, 0.3) is 5.76 Å². The number of ether oxygens (including phenoxy) is 1. The van der Waals surface area contributed by atoms with Gasteiger partial charge < -0.3 is 9.84 Å². The van der Waals surface area contributed by atoms with E-state index in [1.165, 1.54) is 30.3 Å². The Bertz CT molecular complexity index is 1270. The minimum atomic E-state index is -0.994. The maximum absolute atomic E-state index is 13.7. The molecular weight excluding hydrogens is 503 g/mol. The number of halogens is 3. The number of Topliss-reactive ketones (excluding diaryl/α,β-unsaturated/α-hetero) is 1. The first-order valence-corrected chi connectivity index (χ1v) is 10.5. The zero-order chi connectivity index (χ0) is 23.0. The molecule has 0 saturated carbocycles. The van der Waals surface area contributed by atoms with Crippen LogP contribution in [0.15, 0.2) is 71.0 Å². The van der Waals surface area contributed by atoms with Crippen molar-refractivity contribution in [1.82, 2.24) is 4.98 Å². The Hall–Kier alpha value is -3.23. The van der Waals surface area contributed by atoms with Crippen molar-refractivity contribution in [3.63, 3.8) is 0 Å². The number of carbonyl (C=O) groups is 2. The molecule has 0 bridgehead atoms. The van der Waals surface area contributed by atoms with Gasteiger partial charge in [-0.05, 0) is 64.0 Å². The summed E-state index contributed by atoms with van der Waals surface area (Å²) in [7, 11) is 1.50. The summed E-state index contributed by atoms with van der Waals surface area (Å²) in [6.07, 6.45) is 3.04. The highest BCUT2D eigenvalue weighted by Crippen LogP contribution is 2.43. The SMILES string of the molecule is COc1ccc(/C(O)=C2\C(=O)C(=O)N(c3ccc(F)c(Cl)c3)C2c2cccnc2)cc1Br. The van der Waals surface area contributed by atoms with Gasteiger partial charge in [0.25, 0.3) is 11.7 Å². The van der Waals surface area contributed by atoms with Gasteiger partial charge >= 0.3 is 0 Å². The van der Waals surface area contributed by atoms with E-state index in [1.54, 1.807) is 36.5 Å². The van der Waals surface area contributed by atoms with E-state index in [0.29, 0.717) is 21.3 Å². The third-order valence-electron chi connectivity index (χ3n) is 5.05. The molecule has 1 N–H and O–H groups in total. The summed E-state index contributed by atoms with van der Waals surface area (Å²) in [4.78, 5) is 31.4. The third kappa shape index (κ3) is 3.76. The molecule has 1 amide bonds. The van der Waals surface area contributed by atoms with E-state index in [-0.39, 0.29) is 22.0 Å². The number of nitrogens with zero attached hydrogens (tertiary/aromatic N) is 2. The van der Waals surface area contributed by atoms with Gasteiger partial charge in [-0.1, -0.05) is 17.7 Å². The zero-order valence-electron chi connectivity index (χ0n) is 16.6. The number of aliphatic hydroxyl groups excluding tert-OH is 1. The molecule has 162 valence electrons. The molecule has 0 radical (unpaired) electrons. The fourth-order valence-electron chi connectivity index (χ4n) is 3.56. The van der Waals surface area contributed by atoms with Gasteiger partial charge in [0.1, 0.15) is 17.3 Å². The number of carbonyl (C=O) groups excluding carboxylic acids is 2. The molecule has 1 fully saturated rings. The van der Waals surface area contributed by atoms with E-state index < -0.39 is 23.5 Å². The average molecular weight is 518 g/mol. The number of pyridine rings is 1. The van der Waals surface area contributed by atoms with Crippen LogP contribution in [0, 0.1) is 5.82 Å². The molecule has 4 rings (SSSR count). The van der Waals surface area contributed by atoms with E-state index in [9.17, 15) is 19.1 Å². The fraction of sp³-hybridized carbons (Fsp3) is 0.0870. The molecule has 1 aliphatic rings. The molecule has 1 saturated heterocycles. The van der Waals surface area contributed by atoms with Gasteiger partial charge in [0.2, 0.25) is 0 Å². The lowest BCUT2D eigenvalue weighted by Crippen LogP contribution is -2.29. The lowest BCUT2D eigenvalue weighted by molar-refractivity contribution is -0.132. The lowest BCUT2D eigenvalue weighted by Gasteiger charge is -2.25. The highest BCUT2D eigenvalue weighted by Gasteiger charge is 2.47. The molecule has 3 aromatic rings. The number of hydrogen-bond acceptors (Lipinski definition) is 5. The van der Waals surface area contributed by atoms with Gasteiger partial charge in [-0.15, -0.1) is 0 Å². The molecule has 1 aliphatic heterocycles. The topological polar surface area (TPSA) is 79.7 Å². The predicted octanol–water partition coefficient (Wildman–Crippen LogP) is 5.27. The van der Waals surface area contributed by atoms with E-state index >= 15 is 0 Å². The highest BCUT2D eigenvalue weighted by molar-refractivity contribution is 9.10. The molecule has 2 aromatic carbocycles. The normalized spacial score (nSPS) is 17.6. The summed E-state index contributed by atoms with van der Waals surface area (Å²) in [5.74, 6) is -2.25. The molecule has 6 nitrogen and oxygen atoms in total. The predicted molar refractivity (Wildman–Crippen MR) is 121 cm³/mol. The summed E-state index contributed by atoms with van der Waals surface area (Å²) >= 11 is 9.28. The minimum absolute atomic E-state index is 0.125. The Balaban J connectivity index is 1.94. The molecule has 2 heterocycles. The van der Waals surface area contributed by atoms with Crippen molar-refractivity contribution in [2.45, 2.75) is 6.04 Å². The number of hydrogen-bond donors (Lipinski definition) is 1. The standard InChI is InChI=1S/C23H15BrClFN2O4/c1-32-18-7-4-12(9-15(18)24)21(29)19-20(13-3-2-8-27-11-13)28(23(31)22(19)30)14-5-6-17(26)16(25)10-14/h2-11,20,29H,1H3/b21-19+.